The van der Waals surface area contributed by atoms with Gasteiger partial charge in [-0.3, -0.25) is 0 Å². The Bertz CT molecular complexity index is 723. The monoisotopic (exact) mass is 348 g/mol. The average Bonchev–Trinajstić information content (AvgIpc) is 2.55. The number of halogens is 1. The molecule has 6 nitrogen and oxygen atoms in total. The van der Waals surface area contributed by atoms with Crippen LogP contribution in [0.15, 0.2) is 30.5 Å². The van der Waals surface area contributed by atoms with Crippen LogP contribution >= 0.6 is 11.6 Å². The topological polar surface area (TPSA) is 82.3 Å². The summed E-state index contributed by atoms with van der Waals surface area (Å²) in [6.45, 7) is 5.84. The molecule has 1 atom stereocenters. The van der Waals surface area contributed by atoms with Gasteiger partial charge in [0.05, 0.1) is 35.6 Å². The van der Waals surface area contributed by atoms with Gasteiger partial charge < -0.3 is 20.5 Å². The van der Waals surface area contributed by atoms with Gasteiger partial charge >= 0.3 is 0 Å². The summed E-state index contributed by atoms with van der Waals surface area (Å²) < 4.78 is 11.6. The number of nitrogens with two attached hydrogens (primary N) is 1. The van der Waals surface area contributed by atoms with Crippen LogP contribution in [0.4, 0.5) is 11.6 Å². The largest absolute Gasteiger partial charge is 0.384 e. The molecule has 3 rings (SSSR count). The van der Waals surface area contributed by atoms with Crippen LogP contribution in [0.2, 0.25) is 5.02 Å². The smallest absolute Gasteiger partial charge is 0.126 e. The molecule has 128 valence electrons. The van der Waals surface area contributed by atoms with Gasteiger partial charge in [-0.15, -0.1) is 0 Å². The van der Waals surface area contributed by atoms with E-state index in [2.05, 4.69) is 15.3 Å². The van der Waals surface area contributed by atoms with Crippen molar-refractivity contribution in [3.8, 4) is 11.3 Å². The number of rotatable bonds is 4. The Kier molecular flexibility index (Phi) is 4.89. The number of nitrogens with zero attached hydrogens (tertiary/aromatic N) is 2. The summed E-state index contributed by atoms with van der Waals surface area (Å²) in [5.74, 6) is 1.15. The maximum atomic E-state index is 6.20. The molecule has 7 heteroatoms. The van der Waals surface area contributed by atoms with Crippen molar-refractivity contribution in [3.63, 3.8) is 0 Å². The number of anilines is 2. The molecule has 3 N–H and O–H groups in total. The Balaban J connectivity index is 1.71. The second-order valence-electron chi connectivity index (χ2n) is 6.39. The zero-order valence-electron chi connectivity index (χ0n) is 13.8. The number of ether oxygens (including phenoxy) is 2. The van der Waals surface area contributed by atoms with Crippen molar-refractivity contribution in [2.24, 2.45) is 0 Å². The molecule has 2 aromatic rings. The number of hydrogen-bond donors (Lipinski definition) is 2. The lowest BCUT2D eigenvalue weighted by molar-refractivity contribution is -0.177. The highest BCUT2D eigenvalue weighted by molar-refractivity contribution is 6.33. The van der Waals surface area contributed by atoms with Crippen LogP contribution in [0.25, 0.3) is 11.3 Å². The van der Waals surface area contributed by atoms with E-state index < -0.39 is 0 Å². The predicted molar refractivity (Wildman–Crippen MR) is 95.2 cm³/mol. The minimum atomic E-state index is -0.262. The van der Waals surface area contributed by atoms with Crippen molar-refractivity contribution in [1.29, 1.82) is 0 Å². The summed E-state index contributed by atoms with van der Waals surface area (Å²) >= 11 is 6.20. The average molecular weight is 349 g/mol. The van der Waals surface area contributed by atoms with Crippen molar-refractivity contribution >= 4 is 23.2 Å². The van der Waals surface area contributed by atoms with Gasteiger partial charge in [-0.2, -0.15) is 0 Å². The summed E-state index contributed by atoms with van der Waals surface area (Å²) in [5, 5.41) is 3.80. The van der Waals surface area contributed by atoms with Gasteiger partial charge in [0.2, 0.25) is 0 Å². The van der Waals surface area contributed by atoms with E-state index in [9.17, 15) is 0 Å². The number of aromatic nitrogens is 2. The molecule has 1 saturated heterocycles. The first kappa shape index (κ1) is 17.0. The Hall–Kier alpha value is -1.89. The fourth-order valence-corrected chi connectivity index (χ4v) is 2.81. The van der Waals surface area contributed by atoms with E-state index in [-0.39, 0.29) is 11.7 Å². The summed E-state index contributed by atoms with van der Waals surface area (Å²) in [7, 11) is 0. The van der Waals surface area contributed by atoms with Crippen LogP contribution in [0, 0.1) is 0 Å². The fraction of sp³-hybridized carbons (Fsp3) is 0.412. The summed E-state index contributed by atoms with van der Waals surface area (Å²) in [4.78, 5) is 8.56. The molecule has 0 radical (unpaired) electrons. The minimum absolute atomic E-state index is 0.0145. The van der Waals surface area contributed by atoms with E-state index >= 15 is 0 Å². The zero-order valence-corrected chi connectivity index (χ0v) is 14.5. The molecule has 2 aromatic heterocycles. The SMILES string of the molecule is CC1(C)COC[C@H](CNc2cccc(-c3cc(N)ncc3Cl)n2)O1. The molecule has 1 aliphatic rings. The van der Waals surface area contributed by atoms with Gasteiger partial charge in [0, 0.05) is 18.3 Å². The molecule has 0 aromatic carbocycles. The van der Waals surface area contributed by atoms with Crippen molar-refractivity contribution in [1.82, 2.24) is 9.97 Å². The number of hydrogen-bond acceptors (Lipinski definition) is 6. The zero-order chi connectivity index (χ0) is 17.2. The highest BCUT2D eigenvalue weighted by Gasteiger charge is 2.29. The molecule has 0 amide bonds. The Morgan fingerprint density at radius 2 is 2.25 bits per heavy atom. The maximum Gasteiger partial charge on any atom is 0.126 e. The summed E-state index contributed by atoms with van der Waals surface area (Å²) in [5.41, 5.74) is 6.97. The van der Waals surface area contributed by atoms with Gasteiger partial charge in [-0.25, -0.2) is 9.97 Å². The maximum absolute atomic E-state index is 6.20. The second kappa shape index (κ2) is 6.93. The van der Waals surface area contributed by atoms with Gasteiger partial charge in [-0.05, 0) is 32.0 Å². The van der Waals surface area contributed by atoms with E-state index in [4.69, 9.17) is 26.8 Å². The van der Waals surface area contributed by atoms with E-state index in [0.717, 1.165) is 17.1 Å². The third-order valence-electron chi connectivity index (χ3n) is 3.65. The predicted octanol–water partition coefficient (Wildman–Crippen LogP) is 2.99. The molecular formula is C17H21ClN4O2. The van der Waals surface area contributed by atoms with Gasteiger partial charge in [0.25, 0.3) is 0 Å². The Morgan fingerprint density at radius 3 is 3.04 bits per heavy atom. The van der Waals surface area contributed by atoms with E-state index in [0.29, 0.717) is 30.6 Å². The van der Waals surface area contributed by atoms with Crippen molar-refractivity contribution in [3.05, 3.63) is 35.5 Å². The highest BCUT2D eigenvalue weighted by Crippen LogP contribution is 2.28. The lowest BCUT2D eigenvalue weighted by Crippen LogP contribution is -2.45. The highest BCUT2D eigenvalue weighted by atomic mass is 35.5. The minimum Gasteiger partial charge on any atom is -0.384 e. The molecule has 0 saturated carbocycles. The molecule has 0 spiro atoms. The normalized spacial score (nSPS) is 19.9. The number of nitrogen functional groups attached to an aromatic ring is 1. The number of nitrogens with one attached hydrogen (secondary N) is 1. The van der Waals surface area contributed by atoms with Crippen LogP contribution in [-0.2, 0) is 9.47 Å². The fourth-order valence-electron chi connectivity index (χ4n) is 2.61. The third kappa shape index (κ3) is 4.14. The van der Waals surface area contributed by atoms with Crippen LogP contribution in [-0.4, -0.2) is 41.4 Å². The first-order chi connectivity index (χ1) is 11.4. The van der Waals surface area contributed by atoms with E-state index in [1.165, 1.54) is 6.20 Å². The van der Waals surface area contributed by atoms with Crippen molar-refractivity contribution in [2.75, 3.05) is 30.8 Å². The molecular weight excluding hydrogens is 328 g/mol. The first-order valence-electron chi connectivity index (χ1n) is 7.81. The molecule has 24 heavy (non-hydrogen) atoms. The second-order valence-corrected chi connectivity index (χ2v) is 6.80. The lowest BCUT2D eigenvalue weighted by atomic mass is 10.1. The Labute approximate surface area is 146 Å². The van der Waals surface area contributed by atoms with Crippen LogP contribution in [0.3, 0.4) is 0 Å². The van der Waals surface area contributed by atoms with Crippen molar-refractivity contribution in [2.45, 2.75) is 25.6 Å². The molecule has 1 fully saturated rings. The van der Waals surface area contributed by atoms with Gasteiger partial charge in [0.1, 0.15) is 11.6 Å². The van der Waals surface area contributed by atoms with Crippen LogP contribution in [0.5, 0.6) is 0 Å². The summed E-state index contributed by atoms with van der Waals surface area (Å²) in [6, 6.07) is 7.42. The molecule has 0 bridgehead atoms. The van der Waals surface area contributed by atoms with E-state index in [1.54, 1.807) is 6.07 Å². The van der Waals surface area contributed by atoms with E-state index in [1.807, 2.05) is 32.0 Å². The summed E-state index contributed by atoms with van der Waals surface area (Å²) in [6.07, 6.45) is 1.52. The molecule has 0 unspecified atom stereocenters. The number of pyridine rings is 2. The van der Waals surface area contributed by atoms with Crippen molar-refractivity contribution < 1.29 is 9.47 Å². The van der Waals surface area contributed by atoms with Crippen LogP contribution < -0.4 is 11.1 Å². The third-order valence-corrected chi connectivity index (χ3v) is 3.95. The van der Waals surface area contributed by atoms with Gasteiger partial charge in [-0.1, -0.05) is 17.7 Å². The quantitative estimate of drug-likeness (QED) is 0.883. The standard InChI is InChI=1S/C17H21ClN4O2/c1-17(2)10-23-9-11(24-17)7-21-16-5-3-4-14(22-16)12-6-15(19)20-8-13(12)18/h3-6,8,11H,7,9-10H2,1-2H3,(H2,19,20)(H,21,22)/t11-/m0/s1. The van der Waals surface area contributed by atoms with Gasteiger partial charge in [0.15, 0.2) is 0 Å². The molecule has 0 aliphatic carbocycles. The lowest BCUT2D eigenvalue weighted by Gasteiger charge is -2.36. The molecule has 3 heterocycles. The Morgan fingerprint density at radius 1 is 1.42 bits per heavy atom. The van der Waals surface area contributed by atoms with Crippen LogP contribution in [0.1, 0.15) is 13.8 Å². The molecule has 1 aliphatic heterocycles. The first-order valence-corrected chi connectivity index (χ1v) is 8.19.